The maximum atomic E-state index is 12.9. The third-order valence-corrected chi connectivity index (χ3v) is 5.15. The third kappa shape index (κ3) is 3.63. The van der Waals surface area contributed by atoms with Gasteiger partial charge in [-0.25, -0.2) is 4.79 Å². The predicted molar refractivity (Wildman–Crippen MR) is 97.9 cm³/mol. The number of likely N-dealkylation sites (tertiary alicyclic amines) is 1. The van der Waals surface area contributed by atoms with Gasteiger partial charge in [-0.3, -0.25) is 4.79 Å². The number of benzene rings is 2. The molecule has 2 aromatic carbocycles. The van der Waals surface area contributed by atoms with Gasteiger partial charge in [0.05, 0.1) is 6.54 Å². The molecule has 3 rings (SSSR count). The van der Waals surface area contributed by atoms with Crippen LogP contribution in [0.3, 0.4) is 0 Å². The van der Waals surface area contributed by atoms with Crippen LogP contribution in [0.25, 0.3) is 0 Å². The summed E-state index contributed by atoms with van der Waals surface area (Å²) in [6, 6.07) is 19.8. The molecule has 1 aliphatic heterocycles. The van der Waals surface area contributed by atoms with Crippen LogP contribution in [0.4, 0.5) is 0 Å². The lowest BCUT2D eigenvalue weighted by molar-refractivity contribution is -0.161. The quantitative estimate of drug-likeness (QED) is 0.867. The summed E-state index contributed by atoms with van der Waals surface area (Å²) in [5.41, 5.74) is 0.856. The maximum Gasteiger partial charge on any atom is 0.337 e. The van der Waals surface area contributed by atoms with Gasteiger partial charge in [0.15, 0.2) is 5.60 Å². The van der Waals surface area contributed by atoms with E-state index in [4.69, 9.17) is 4.74 Å². The molecule has 0 saturated carbocycles. The minimum atomic E-state index is -1.29. The van der Waals surface area contributed by atoms with Crippen LogP contribution >= 0.6 is 0 Å². The van der Waals surface area contributed by atoms with Crippen LogP contribution < -0.4 is 0 Å². The molecular weight excluding hydrogens is 330 g/mol. The molecule has 0 aliphatic carbocycles. The molecule has 2 aromatic rings. The van der Waals surface area contributed by atoms with E-state index in [9.17, 15) is 14.7 Å². The Morgan fingerprint density at radius 1 is 1.08 bits per heavy atom. The van der Waals surface area contributed by atoms with Crippen molar-refractivity contribution in [3.8, 4) is 0 Å². The Morgan fingerprint density at radius 3 is 2.04 bits per heavy atom. The highest BCUT2D eigenvalue weighted by molar-refractivity contribution is 5.83. The molecule has 1 aliphatic rings. The molecule has 1 atom stereocenters. The molecule has 1 heterocycles. The summed E-state index contributed by atoms with van der Waals surface area (Å²) in [7, 11) is 1.39. The van der Waals surface area contributed by atoms with E-state index in [1.807, 2.05) is 60.7 Å². The molecule has 136 valence electrons. The van der Waals surface area contributed by atoms with E-state index in [0.29, 0.717) is 19.4 Å². The first kappa shape index (κ1) is 18.1. The number of carbonyl (C=O) groups is 2. The number of rotatable bonds is 6. The molecule has 1 fully saturated rings. The average molecular weight is 353 g/mol. The standard InChI is InChI=1S/C21H23NO4/c1-26-21(20(24)25)12-13-22(15-21)19(23)14-18(16-8-4-2-5-9-16)17-10-6-3-7-11-17/h2-11,18H,12-15H2,1H3,(H,24,25). The van der Waals surface area contributed by atoms with Crippen molar-refractivity contribution in [1.29, 1.82) is 0 Å². The molecule has 1 unspecified atom stereocenters. The van der Waals surface area contributed by atoms with Crippen molar-refractivity contribution >= 4 is 11.9 Å². The lowest BCUT2D eigenvalue weighted by Gasteiger charge is -2.25. The number of hydrogen-bond donors (Lipinski definition) is 1. The number of carboxylic acid groups (broad SMARTS) is 1. The highest BCUT2D eigenvalue weighted by Crippen LogP contribution is 2.31. The molecule has 0 spiro atoms. The molecule has 0 radical (unpaired) electrons. The van der Waals surface area contributed by atoms with Gasteiger partial charge >= 0.3 is 5.97 Å². The first-order valence-electron chi connectivity index (χ1n) is 8.72. The van der Waals surface area contributed by atoms with E-state index >= 15 is 0 Å². The number of amides is 1. The van der Waals surface area contributed by atoms with Crippen LogP contribution in [0.15, 0.2) is 60.7 Å². The molecule has 0 bridgehead atoms. The van der Waals surface area contributed by atoms with Crippen molar-refractivity contribution in [3.05, 3.63) is 71.8 Å². The Labute approximate surface area is 153 Å². The van der Waals surface area contributed by atoms with E-state index in [1.54, 1.807) is 4.90 Å². The van der Waals surface area contributed by atoms with Gasteiger partial charge < -0.3 is 14.7 Å². The highest BCUT2D eigenvalue weighted by Gasteiger charge is 2.46. The number of methoxy groups -OCH3 is 1. The van der Waals surface area contributed by atoms with Crippen molar-refractivity contribution in [2.45, 2.75) is 24.4 Å². The van der Waals surface area contributed by atoms with E-state index in [2.05, 4.69) is 0 Å². The lowest BCUT2D eigenvalue weighted by atomic mass is 9.88. The number of aliphatic carboxylic acids is 1. The van der Waals surface area contributed by atoms with Gasteiger partial charge in [-0.1, -0.05) is 60.7 Å². The average Bonchev–Trinajstić information content (AvgIpc) is 3.13. The van der Waals surface area contributed by atoms with Crippen LogP contribution in [0.2, 0.25) is 0 Å². The van der Waals surface area contributed by atoms with Crippen molar-refractivity contribution in [3.63, 3.8) is 0 Å². The van der Waals surface area contributed by atoms with Crippen LogP contribution in [-0.2, 0) is 14.3 Å². The Kier molecular flexibility index (Phi) is 5.38. The lowest BCUT2D eigenvalue weighted by Crippen LogP contribution is -2.44. The number of ether oxygens (including phenoxy) is 1. The van der Waals surface area contributed by atoms with Crippen molar-refractivity contribution in [2.24, 2.45) is 0 Å². The van der Waals surface area contributed by atoms with Gasteiger partial charge in [0.1, 0.15) is 0 Å². The van der Waals surface area contributed by atoms with Crippen molar-refractivity contribution < 1.29 is 19.4 Å². The second kappa shape index (κ2) is 7.70. The van der Waals surface area contributed by atoms with Gasteiger partial charge in [-0.15, -0.1) is 0 Å². The Morgan fingerprint density at radius 2 is 1.62 bits per heavy atom. The number of hydrogen-bond acceptors (Lipinski definition) is 3. The minimum absolute atomic E-state index is 0.0529. The summed E-state index contributed by atoms with van der Waals surface area (Å²) in [5.74, 6) is -1.13. The summed E-state index contributed by atoms with van der Waals surface area (Å²) < 4.78 is 5.22. The maximum absolute atomic E-state index is 12.9. The fourth-order valence-corrected chi connectivity index (χ4v) is 3.53. The first-order chi connectivity index (χ1) is 12.6. The van der Waals surface area contributed by atoms with E-state index in [-0.39, 0.29) is 18.4 Å². The van der Waals surface area contributed by atoms with Gasteiger partial charge in [0.25, 0.3) is 0 Å². The zero-order chi connectivity index (χ0) is 18.6. The third-order valence-electron chi connectivity index (χ3n) is 5.15. The second-order valence-corrected chi connectivity index (χ2v) is 6.65. The topological polar surface area (TPSA) is 66.8 Å². The summed E-state index contributed by atoms with van der Waals surface area (Å²) in [4.78, 5) is 26.0. The molecule has 1 saturated heterocycles. The summed E-state index contributed by atoms with van der Waals surface area (Å²) in [6.07, 6.45) is 0.610. The fourth-order valence-electron chi connectivity index (χ4n) is 3.53. The van der Waals surface area contributed by atoms with Crippen LogP contribution in [0.5, 0.6) is 0 Å². The molecular formula is C21H23NO4. The Hall–Kier alpha value is -2.66. The molecule has 1 amide bonds. The summed E-state index contributed by atoms with van der Waals surface area (Å²) in [5, 5.41) is 9.44. The Balaban J connectivity index is 1.80. The molecule has 5 nitrogen and oxygen atoms in total. The number of carbonyl (C=O) groups excluding carboxylic acids is 1. The highest BCUT2D eigenvalue weighted by atomic mass is 16.5. The minimum Gasteiger partial charge on any atom is -0.479 e. The monoisotopic (exact) mass is 353 g/mol. The largest absolute Gasteiger partial charge is 0.479 e. The van der Waals surface area contributed by atoms with Crippen LogP contribution in [0, 0.1) is 0 Å². The van der Waals surface area contributed by atoms with E-state index in [0.717, 1.165) is 11.1 Å². The Bertz CT molecular complexity index is 723. The SMILES string of the molecule is COC1(C(=O)O)CCN(C(=O)CC(c2ccccc2)c2ccccc2)C1. The van der Waals surface area contributed by atoms with Crippen LogP contribution in [-0.4, -0.2) is 47.7 Å². The number of nitrogens with zero attached hydrogens (tertiary/aromatic N) is 1. The molecule has 26 heavy (non-hydrogen) atoms. The normalized spacial score (nSPS) is 19.7. The molecule has 0 aromatic heterocycles. The first-order valence-corrected chi connectivity index (χ1v) is 8.72. The smallest absolute Gasteiger partial charge is 0.337 e. The summed E-state index contributed by atoms with van der Waals surface area (Å²) >= 11 is 0. The van der Waals surface area contributed by atoms with E-state index in [1.165, 1.54) is 7.11 Å². The van der Waals surface area contributed by atoms with Gasteiger partial charge in [0.2, 0.25) is 5.91 Å². The van der Waals surface area contributed by atoms with Gasteiger partial charge in [-0.2, -0.15) is 0 Å². The van der Waals surface area contributed by atoms with Gasteiger partial charge in [-0.05, 0) is 11.1 Å². The second-order valence-electron chi connectivity index (χ2n) is 6.65. The molecule has 1 N–H and O–H groups in total. The van der Waals surface area contributed by atoms with Crippen molar-refractivity contribution in [2.75, 3.05) is 20.2 Å². The molecule has 5 heteroatoms. The zero-order valence-corrected chi connectivity index (χ0v) is 14.8. The zero-order valence-electron chi connectivity index (χ0n) is 14.8. The van der Waals surface area contributed by atoms with Crippen molar-refractivity contribution in [1.82, 2.24) is 4.90 Å². The van der Waals surface area contributed by atoms with Gasteiger partial charge in [0, 0.05) is 32.4 Å². The number of carboxylic acids is 1. The van der Waals surface area contributed by atoms with E-state index < -0.39 is 11.6 Å². The van der Waals surface area contributed by atoms with Crippen LogP contribution in [0.1, 0.15) is 29.9 Å². The summed E-state index contributed by atoms with van der Waals surface area (Å²) in [6.45, 7) is 0.489. The fraction of sp³-hybridized carbons (Fsp3) is 0.333. The predicted octanol–water partition coefficient (Wildman–Crippen LogP) is 2.91.